The Bertz CT molecular complexity index is 925. The molecule has 1 aromatic carbocycles. The molecule has 0 N–H and O–H groups in total. The van der Waals surface area contributed by atoms with Gasteiger partial charge in [0.15, 0.2) is 0 Å². The first-order chi connectivity index (χ1) is 13.4. The highest BCUT2D eigenvalue weighted by atomic mass is 31.2. The monoisotopic (exact) mass is 399 g/mol. The molecule has 1 saturated carbocycles. The molecule has 1 atom stereocenters. The molecule has 1 heterocycles. The summed E-state index contributed by atoms with van der Waals surface area (Å²) in [5, 5.41) is 0.471. The average Bonchev–Trinajstić information content (AvgIpc) is 2.73. The second-order valence-corrected chi connectivity index (χ2v) is 9.86. The number of hydrogen-bond acceptors (Lipinski definition) is 3. The molecule has 1 fully saturated rings. The number of terminal acetylenes is 1. The predicted molar refractivity (Wildman–Crippen MR) is 113 cm³/mol. The van der Waals surface area contributed by atoms with Crippen LogP contribution in [0.3, 0.4) is 0 Å². The van der Waals surface area contributed by atoms with Gasteiger partial charge < -0.3 is 4.52 Å². The molecule has 3 nitrogen and oxygen atoms in total. The summed E-state index contributed by atoms with van der Waals surface area (Å²) < 4.78 is 32.3. The molecule has 1 aliphatic carbocycles. The SMILES string of the molecule is C#CP(=O)(OC)c1c(-c2ccc(F)cc2)cc(C2CCCCC2)nc1C(C)C. The number of benzene rings is 1. The van der Waals surface area contributed by atoms with Crippen molar-refractivity contribution >= 4 is 12.7 Å². The fourth-order valence-electron chi connectivity index (χ4n) is 3.96. The Morgan fingerprint density at radius 2 is 1.86 bits per heavy atom. The fourth-order valence-corrected chi connectivity index (χ4v) is 5.49. The maximum absolute atomic E-state index is 13.5. The Balaban J connectivity index is 2.31. The highest BCUT2D eigenvalue weighted by molar-refractivity contribution is 7.72. The minimum atomic E-state index is -3.53. The van der Waals surface area contributed by atoms with Gasteiger partial charge in [-0.1, -0.05) is 45.2 Å². The Kier molecular flexibility index (Phi) is 6.38. The normalized spacial score (nSPS) is 17.3. The molecule has 5 heteroatoms. The van der Waals surface area contributed by atoms with Gasteiger partial charge in [0, 0.05) is 18.7 Å². The summed E-state index contributed by atoms with van der Waals surface area (Å²) in [6.07, 6.45) is 11.5. The smallest absolute Gasteiger partial charge is 0.305 e. The molecule has 0 amide bonds. The molecule has 0 aliphatic heterocycles. The molecule has 0 saturated heterocycles. The van der Waals surface area contributed by atoms with Gasteiger partial charge in [0.05, 0.1) is 11.0 Å². The van der Waals surface area contributed by atoms with E-state index < -0.39 is 7.37 Å². The fraction of sp³-hybridized carbons (Fsp3) is 0.435. The van der Waals surface area contributed by atoms with E-state index in [9.17, 15) is 8.96 Å². The van der Waals surface area contributed by atoms with Crippen molar-refractivity contribution < 1.29 is 13.5 Å². The largest absolute Gasteiger partial charge is 0.320 e. The van der Waals surface area contributed by atoms with Crippen molar-refractivity contribution in [2.75, 3.05) is 7.11 Å². The Hall–Kier alpha value is -1.95. The Morgan fingerprint density at radius 1 is 1.21 bits per heavy atom. The van der Waals surface area contributed by atoms with Crippen molar-refractivity contribution in [3.05, 3.63) is 47.5 Å². The molecule has 28 heavy (non-hydrogen) atoms. The summed E-state index contributed by atoms with van der Waals surface area (Å²) in [5.74, 6) is 0.0876. The summed E-state index contributed by atoms with van der Waals surface area (Å²) in [6.45, 7) is 4.03. The number of halogens is 1. The zero-order valence-corrected chi connectivity index (χ0v) is 17.6. The van der Waals surface area contributed by atoms with Crippen LogP contribution in [0.15, 0.2) is 30.3 Å². The van der Waals surface area contributed by atoms with E-state index in [4.69, 9.17) is 15.9 Å². The van der Waals surface area contributed by atoms with Gasteiger partial charge in [-0.15, -0.1) is 6.42 Å². The lowest BCUT2D eigenvalue weighted by Gasteiger charge is -2.26. The lowest BCUT2D eigenvalue weighted by Crippen LogP contribution is -2.21. The number of pyridine rings is 1. The van der Waals surface area contributed by atoms with Gasteiger partial charge in [-0.25, -0.2) is 4.39 Å². The van der Waals surface area contributed by atoms with Crippen molar-refractivity contribution in [3.8, 4) is 23.2 Å². The highest BCUT2D eigenvalue weighted by Crippen LogP contribution is 2.48. The molecule has 0 radical (unpaired) electrons. The zero-order valence-electron chi connectivity index (χ0n) is 16.7. The number of nitrogens with zero attached hydrogens (tertiary/aromatic N) is 1. The predicted octanol–water partition coefficient (Wildman–Crippen LogP) is 6.20. The van der Waals surface area contributed by atoms with Crippen LogP contribution in [0.5, 0.6) is 0 Å². The van der Waals surface area contributed by atoms with E-state index in [1.807, 2.05) is 19.9 Å². The molecular weight excluding hydrogens is 372 g/mol. The molecule has 1 aliphatic rings. The van der Waals surface area contributed by atoms with E-state index in [1.165, 1.54) is 38.5 Å². The standard InChI is InChI=1S/C23H27FNO2P/c1-5-28(26,27-4)23-20(17-11-13-19(24)14-12-17)15-21(25-22(23)16(2)3)18-9-7-6-8-10-18/h1,11-16,18H,6-10H2,2-4H3. The molecule has 1 unspecified atom stereocenters. The first-order valence-corrected chi connectivity index (χ1v) is 11.5. The molecule has 3 rings (SSSR count). The molecular formula is C23H27FNO2P. The highest BCUT2D eigenvalue weighted by Gasteiger charge is 2.33. The summed E-state index contributed by atoms with van der Waals surface area (Å²) in [5.41, 5.74) is 5.61. The van der Waals surface area contributed by atoms with Crippen LogP contribution in [0.1, 0.15) is 69.2 Å². The van der Waals surface area contributed by atoms with Gasteiger partial charge in [-0.05, 0) is 53.7 Å². The lowest BCUT2D eigenvalue weighted by atomic mass is 9.85. The van der Waals surface area contributed by atoms with E-state index in [-0.39, 0.29) is 11.7 Å². The van der Waals surface area contributed by atoms with Gasteiger partial charge in [0.1, 0.15) is 5.82 Å². The number of aromatic nitrogens is 1. The average molecular weight is 399 g/mol. The van der Waals surface area contributed by atoms with E-state index in [0.29, 0.717) is 16.9 Å². The van der Waals surface area contributed by atoms with Crippen LogP contribution >= 0.6 is 7.37 Å². The van der Waals surface area contributed by atoms with Gasteiger partial charge in [0.25, 0.3) is 0 Å². The lowest BCUT2D eigenvalue weighted by molar-refractivity contribution is 0.412. The third-order valence-corrected chi connectivity index (χ3v) is 7.40. The van der Waals surface area contributed by atoms with Crippen LogP contribution in [0.4, 0.5) is 4.39 Å². The van der Waals surface area contributed by atoms with E-state index in [2.05, 4.69) is 5.66 Å². The first kappa shape index (κ1) is 20.8. The van der Waals surface area contributed by atoms with Gasteiger partial charge in [0.2, 0.25) is 0 Å². The van der Waals surface area contributed by atoms with Crippen LogP contribution in [0, 0.1) is 17.9 Å². The molecule has 148 valence electrons. The van der Waals surface area contributed by atoms with E-state index in [0.717, 1.165) is 29.7 Å². The summed E-state index contributed by atoms with van der Waals surface area (Å²) in [4.78, 5) is 4.94. The third-order valence-electron chi connectivity index (χ3n) is 5.49. The molecule has 1 aromatic heterocycles. The van der Waals surface area contributed by atoms with Crippen molar-refractivity contribution in [1.29, 1.82) is 0 Å². The first-order valence-electron chi connectivity index (χ1n) is 9.84. The zero-order chi connectivity index (χ0) is 20.3. The van der Waals surface area contributed by atoms with Crippen molar-refractivity contribution in [3.63, 3.8) is 0 Å². The Morgan fingerprint density at radius 3 is 2.39 bits per heavy atom. The van der Waals surface area contributed by atoms with Crippen LogP contribution in [0.2, 0.25) is 0 Å². The summed E-state index contributed by atoms with van der Waals surface area (Å²) in [7, 11) is -2.16. The summed E-state index contributed by atoms with van der Waals surface area (Å²) >= 11 is 0. The van der Waals surface area contributed by atoms with Gasteiger partial charge in [-0.2, -0.15) is 0 Å². The molecule has 2 aromatic rings. The topological polar surface area (TPSA) is 39.2 Å². The van der Waals surface area contributed by atoms with Crippen LogP contribution < -0.4 is 5.30 Å². The minimum absolute atomic E-state index is 0.0227. The van der Waals surface area contributed by atoms with Gasteiger partial charge >= 0.3 is 7.37 Å². The van der Waals surface area contributed by atoms with Crippen LogP contribution in [-0.4, -0.2) is 12.1 Å². The molecule has 0 bridgehead atoms. The van der Waals surface area contributed by atoms with Crippen LogP contribution in [-0.2, 0) is 9.09 Å². The third kappa shape index (κ3) is 4.07. The second-order valence-electron chi connectivity index (χ2n) is 7.69. The quantitative estimate of drug-likeness (QED) is 0.444. The van der Waals surface area contributed by atoms with Crippen molar-refractivity contribution in [1.82, 2.24) is 4.98 Å². The Labute approximate surface area is 167 Å². The number of rotatable bonds is 5. The van der Waals surface area contributed by atoms with Crippen molar-refractivity contribution in [2.24, 2.45) is 0 Å². The maximum atomic E-state index is 13.5. The number of hydrogen-bond donors (Lipinski definition) is 0. The minimum Gasteiger partial charge on any atom is -0.320 e. The molecule has 0 spiro atoms. The maximum Gasteiger partial charge on any atom is 0.305 e. The second kappa shape index (κ2) is 8.60. The van der Waals surface area contributed by atoms with E-state index in [1.54, 1.807) is 12.1 Å². The summed E-state index contributed by atoms with van der Waals surface area (Å²) in [6, 6.07) is 8.19. The van der Waals surface area contributed by atoms with E-state index >= 15 is 0 Å². The van der Waals surface area contributed by atoms with Crippen molar-refractivity contribution in [2.45, 2.75) is 57.8 Å². The van der Waals surface area contributed by atoms with Gasteiger partial charge in [-0.3, -0.25) is 9.55 Å². The van der Waals surface area contributed by atoms with Crippen LogP contribution in [0.25, 0.3) is 11.1 Å².